The van der Waals surface area contributed by atoms with Crippen molar-refractivity contribution in [3.8, 4) is 17.2 Å². The fraction of sp³-hybridized carbons (Fsp3) is 0.400. The number of rotatable bonds is 9. The van der Waals surface area contributed by atoms with Crippen LogP contribution in [0.25, 0.3) is 0 Å². The second kappa shape index (κ2) is 13.3. The molecular formula is C20H28ClIN4O3. The van der Waals surface area contributed by atoms with Gasteiger partial charge in [-0.1, -0.05) is 17.7 Å². The summed E-state index contributed by atoms with van der Waals surface area (Å²) in [6.45, 7) is 3.99. The van der Waals surface area contributed by atoms with E-state index < -0.39 is 0 Å². The van der Waals surface area contributed by atoms with Gasteiger partial charge in [0, 0.05) is 19.3 Å². The Morgan fingerprint density at radius 3 is 2.24 bits per heavy atom. The summed E-state index contributed by atoms with van der Waals surface area (Å²) in [6.07, 6.45) is 2.60. The summed E-state index contributed by atoms with van der Waals surface area (Å²) in [6, 6.07) is 7.55. The second-order valence-corrected chi connectivity index (χ2v) is 6.28. The molecule has 0 radical (unpaired) electrons. The molecular weight excluding hydrogens is 507 g/mol. The van der Waals surface area contributed by atoms with Crippen molar-refractivity contribution in [3.63, 3.8) is 0 Å². The number of hydrogen-bond acceptors (Lipinski definition) is 5. The summed E-state index contributed by atoms with van der Waals surface area (Å²) in [5.74, 6) is 2.53. The Morgan fingerprint density at radius 1 is 1.03 bits per heavy atom. The number of aromatic nitrogens is 1. The molecule has 160 valence electrons. The average molecular weight is 535 g/mol. The van der Waals surface area contributed by atoms with Crippen molar-refractivity contribution in [3.05, 3.63) is 46.7 Å². The smallest absolute Gasteiger partial charge is 0.203 e. The molecule has 0 saturated carbocycles. The van der Waals surface area contributed by atoms with Gasteiger partial charge in [-0.3, -0.25) is 0 Å². The van der Waals surface area contributed by atoms with Crippen molar-refractivity contribution in [1.82, 2.24) is 15.6 Å². The highest BCUT2D eigenvalue weighted by atomic mass is 127. The van der Waals surface area contributed by atoms with Crippen LogP contribution in [0.1, 0.15) is 18.1 Å². The second-order valence-electron chi connectivity index (χ2n) is 5.89. The molecule has 1 aromatic heterocycles. The van der Waals surface area contributed by atoms with Gasteiger partial charge in [0.1, 0.15) is 5.15 Å². The zero-order valence-electron chi connectivity index (χ0n) is 17.1. The van der Waals surface area contributed by atoms with Crippen molar-refractivity contribution in [2.75, 3.05) is 34.4 Å². The number of pyridine rings is 1. The largest absolute Gasteiger partial charge is 0.493 e. The zero-order chi connectivity index (χ0) is 20.4. The van der Waals surface area contributed by atoms with E-state index in [9.17, 15) is 0 Å². The molecule has 0 aliphatic carbocycles. The van der Waals surface area contributed by atoms with Gasteiger partial charge in [-0.2, -0.15) is 0 Å². The van der Waals surface area contributed by atoms with Gasteiger partial charge in [0.15, 0.2) is 17.5 Å². The Hall–Kier alpha value is -1.94. The van der Waals surface area contributed by atoms with E-state index in [4.69, 9.17) is 25.8 Å². The standard InChI is InChI=1S/C20H27ClN4O3.HI/c1-5-22-20(23-9-8-14-6-7-18(21)24-12-14)25-13-15-10-16(26-2)19(28-4)17(11-15)27-3;/h6-7,10-12H,5,8-9,13H2,1-4H3,(H2,22,23,25);1H. The van der Waals surface area contributed by atoms with E-state index in [0.29, 0.717) is 28.9 Å². The van der Waals surface area contributed by atoms with Crippen LogP contribution < -0.4 is 24.8 Å². The Morgan fingerprint density at radius 2 is 1.72 bits per heavy atom. The third-order valence-corrected chi connectivity index (χ3v) is 4.21. The van der Waals surface area contributed by atoms with Crippen LogP contribution in [0.4, 0.5) is 0 Å². The number of nitrogens with zero attached hydrogens (tertiary/aromatic N) is 2. The molecule has 0 aliphatic rings. The van der Waals surface area contributed by atoms with Crippen LogP contribution in [0.3, 0.4) is 0 Å². The van der Waals surface area contributed by atoms with Gasteiger partial charge in [-0.15, -0.1) is 24.0 Å². The van der Waals surface area contributed by atoms with Gasteiger partial charge < -0.3 is 24.8 Å². The minimum Gasteiger partial charge on any atom is -0.493 e. The van der Waals surface area contributed by atoms with Crippen molar-refractivity contribution < 1.29 is 14.2 Å². The number of nitrogens with one attached hydrogen (secondary N) is 2. The molecule has 2 N–H and O–H groups in total. The zero-order valence-corrected chi connectivity index (χ0v) is 20.2. The van der Waals surface area contributed by atoms with Crippen molar-refractivity contribution >= 4 is 41.5 Å². The lowest BCUT2D eigenvalue weighted by Crippen LogP contribution is -2.38. The first-order chi connectivity index (χ1) is 13.6. The maximum absolute atomic E-state index is 5.82. The Kier molecular flexibility index (Phi) is 11.5. The number of benzene rings is 1. The molecule has 29 heavy (non-hydrogen) atoms. The normalized spacial score (nSPS) is 10.7. The van der Waals surface area contributed by atoms with Gasteiger partial charge >= 0.3 is 0 Å². The van der Waals surface area contributed by atoms with E-state index in [2.05, 4.69) is 20.6 Å². The van der Waals surface area contributed by atoms with Gasteiger partial charge in [0.2, 0.25) is 5.75 Å². The first-order valence-electron chi connectivity index (χ1n) is 9.02. The molecule has 0 bridgehead atoms. The van der Waals surface area contributed by atoms with Crippen molar-refractivity contribution in [1.29, 1.82) is 0 Å². The summed E-state index contributed by atoms with van der Waals surface area (Å²) in [5.41, 5.74) is 2.06. The molecule has 0 fully saturated rings. The van der Waals surface area contributed by atoms with Crippen LogP contribution in [0.5, 0.6) is 17.2 Å². The van der Waals surface area contributed by atoms with Crippen LogP contribution in [0.15, 0.2) is 35.5 Å². The van der Waals surface area contributed by atoms with Crippen LogP contribution in [-0.4, -0.2) is 45.4 Å². The number of aliphatic imine (C=N–C) groups is 1. The minimum atomic E-state index is 0. The highest BCUT2D eigenvalue weighted by Gasteiger charge is 2.13. The van der Waals surface area contributed by atoms with Gasteiger partial charge in [0.05, 0.1) is 27.9 Å². The predicted octanol–water partition coefficient (Wildman–Crippen LogP) is 3.68. The lowest BCUT2D eigenvalue weighted by Gasteiger charge is -2.14. The Balaban J connectivity index is 0.00000420. The molecule has 7 nitrogen and oxygen atoms in total. The Labute approximate surface area is 194 Å². The fourth-order valence-corrected chi connectivity index (χ4v) is 2.73. The van der Waals surface area contributed by atoms with Crippen LogP contribution in [0, 0.1) is 0 Å². The van der Waals surface area contributed by atoms with E-state index in [1.165, 1.54) is 0 Å². The molecule has 0 aliphatic heterocycles. The molecule has 0 atom stereocenters. The molecule has 9 heteroatoms. The predicted molar refractivity (Wildman–Crippen MR) is 127 cm³/mol. The number of hydrogen-bond donors (Lipinski definition) is 2. The molecule has 0 unspecified atom stereocenters. The van der Waals surface area contributed by atoms with Gasteiger partial charge in [0.25, 0.3) is 0 Å². The number of methoxy groups -OCH3 is 3. The quantitative estimate of drug-likeness (QED) is 0.221. The number of halogens is 2. The Bertz CT molecular complexity index is 763. The minimum absolute atomic E-state index is 0. The van der Waals surface area contributed by atoms with Crippen molar-refractivity contribution in [2.45, 2.75) is 19.9 Å². The molecule has 0 spiro atoms. The van der Waals surface area contributed by atoms with Crippen molar-refractivity contribution in [2.24, 2.45) is 4.99 Å². The summed E-state index contributed by atoms with van der Waals surface area (Å²) in [5, 5.41) is 7.06. The highest BCUT2D eigenvalue weighted by molar-refractivity contribution is 14.0. The summed E-state index contributed by atoms with van der Waals surface area (Å²) >= 11 is 5.82. The molecule has 2 aromatic rings. The topological polar surface area (TPSA) is 77.0 Å². The molecule has 0 saturated heterocycles. The van der Waals surface area contributed by atoms with E-state index in [-0.39, 0.29) is 24.0 Å². The van der Waals surface area contributed by atoms with Gasteiger partial charge in [-0.25, -0.2) is 9.98 Å². The lowest BCUT2D eigenvalue weighted by molar-refractivity contribution is 0.324. The van der Waals surface area contributed by atoms with Gasteiger partial charge in [-0.05, 0) is 42.7 Å². The SMILES string of the molecule is CCNC(=NCc1cc(OC)c(OC)c(OC)c1)NCCc1ccc(Cl)nc1.I. The first kappa shape index (κ1) is 25.1. The fourth-order valence-electron chi connectivity index (χ4n) is 2.62. The lowest BCUT2D eigenvalue weighted by atomic mass is 10.2. The van der Waals surface area contributed by atoms with Crippen LogP contribution in [-0.2, 0) is 13.0 Å². The van der Waals surface area contributed by atoms with E-state index in [0.717, 1.165) is 36.6 Å². The van der Waals surface area contributed by atoms with E-state index in [1.807, 2.05) is 25.1 Å². The molecule has 1 aromatic carbocycles. The van der Waals surface area contributed by atoms with E-state index in [1.54, 1.807) is 33.6 Å². The van der Waals surface area contributed by atoms with Crippen LogP contribution in [0.2, 0.25) is 5.15 Å². The summed E-state index contributed by atoms with van der Waals surface area (Å²) in [7, 11) is 4.78. The third kappa shape index (κ3) is 7.77. The third-order valence-electron chi connectivity index (χ3n) is 3.98. The monoisotopic (exact) mass is 534 g/mol. The number of ether oxygens (including phenoxy) is 3. The maximum Gasteiger partial charge on any atom is 0.203 e. The molecule has 0 amide bonds. The summed E-state index contributed by atoms with van der Waals surface area (Å²) in [4.78, 5) is 8.73. The number of guanidine groups is 1. The van der Waals surface area contributed by atoms with E-state index >= 15 is 0 Å². The average Bonchev–Trinajstić information content (AvgIpc) is 2.72. The first-order valence-corrected chi connectivity index (χ1v) is 9.40. The maximum atomic E-state index is 5.82. The molecule has 1 heterocycles. The highest BCUT2D eigenvalue weighted by Crippen LogP contribution is 2.38. The molecule has 2 rings (SSSR count). The van der Waals surface area contributed by atoms with Crippen LogP contribution >= 0.6 is 35.6 Å². The summed E-state index contributed by atoms with van der Waals surface area (Å²) < 4.78 is 16.1.